The molecule has 18 heavy (non-hydrogen) atoms. The van der Waals surface area contributed by atoms with Gasteiger partial charge in [-0.3, -0.25) is 4.79 Å². The molecule has 0 aromatic carbocycles. The SMILES string of the molecule is O=C(COC(=O)NC1CC1)Nc1cccc(Br)n1. The van der Waals surface area contributed by atoms with E-state index in [1.165, 1.54) is 0 Å². The summed E-state index contributed by atoms with van der Waals surface area (Å²) >= 11 is 3.19. The highest BCUT2D eigenvalue weighted by Crippen LogP contribution is 2.18. The molecule has 0 bridgehead atoms. The van der Waals surface area contributed by atoms with Crippen LogP contribution in [0.15, 0.2) is 22.8 Å². The summed E-state index contributed by atoms with van der Waals surface area (Å²) in [5.74, 6) is -0.0212. The Labute approximate surface area is 112 Å². The molecule has 1 aliphatic rings. The summed E-state index contributed by atoms with van der Waals surface area (Å²) in [4.78, 5) is 26.7. The molecule has 1 aromatic rings. The molecule has 0 unspecified atom stereocenters. The molecule has 0 spiro atoms. The van der Waals surface area contributed by atoms with Crippen LogP contribution >= 0.6 is 15.9 Å². The first-order valence-electron chi connectivity index (χ1n) is 5.49. The molecule has 6 nitrogen and oxygen atoms in total. The van der Waals surface area contributed by atoms with Crippen molar-refractivity contribution in [2.45, 2.75) is 18.9 Å². The largest absolute Gasteiger partial charge is 0.439 e. The second kappa shape index (κ2) is 5.81. The van der Waals surface area contributed by atoms with Crippen LogP contribution in [-0.2, 0) is 9.53 Å². The van der Waals surface area contributed by atoms with Crippen molar-refractivity contribution in [1.29, 1.82) is 0 Å². The molecular weight excluding hydrogens is 302 g/mol. The van der Waals surface area contributed by atoms with Crippen LogP contribution in [0.4, 0.5) is 10.6 Å². The number of hydrogen-bond acceptors (Lipinski definition) is 4. The number of carbonyl (C=O) groups is 2. The van der Waals surface area contributed by atoms with Gasteiger partial charge < -0.3 is 15.4 Å². The van der Waals surface area contributed by atoms with Crippen LogP contribution in [0.2, 0.25) is 0 Å². The summed E-state index contributed by atoms with van der Waals surface area (Å²) in [7, 11) is 0. The van der Waals surface area contributed by atoms with E-state index in [1.807, 2.05) is 0 Å². The number of aromatic nitrogens is 1. The summed E-state index contributed by atoms with van der Waals surface area (Å²) in [6.45, 7) is -0.327. The van der Waals surface area contributed by atoms with Gasteiger partial charge in [0.25, 0.3) is 5.91 Å². The molecule has 1 saturated carbocycles. The Morgan fingerprint density at radius 2 is 2.22 bits per heavy atom. The molecule has 0 aliphatic heterocycles. The van der Waals surface area contributed by atoms with Crippen molar-refractivity contribution in [3.63, 3.8) is 0 Å². The van der Waals surface area contributed by atoms with Crippen LogP contribution in [0.25, 0.3) is 0 Å². The second-order valence-electron chi connectivity index (χ2n) is 3.89. The molecule has 0 saturated heterocycles. The number of pyridine rings is 1. The Bertz CT molecular complexity index is 463. The van der Waals surface area contributed by atoms with E-state index in [9.17, 15) is 9.59 Å². The Kier molecular flexibility index (Phi) is 4.14. The van der Waals surface area contributed by atoms with Crippen molar-refractivity contribution in [3.8, 4) is 0 Å². The predicted octanol–water partition coefficient (Wildman–Crippen LogP) is 1.67. The van der Waals surface area contributed by atoms with E-state index in [-0.39, 0.29) is 12.6 Å². The van der Waals surface area contributed by atoms with Crippen LogP contribution in [-0.4, -0.2) is 29.6 Å². The van der Waals surface area contributed by atoms with E-state index < -0.39 is 12.0 Å². The normalized spacial score (nSPS) is 13.8. The minimum Gasteiger partial charge on any atom is -0.439 e. The first-order chi connectivity index (χ1) is 8.63. The molecule has 96 valence electrons. The maximum absolute atomic E-state index is 11.5. The lowest BCUT2D eigenvalue weighted by molar-refractivity contribution is -0.119. The number of rotatable bonds is 4. The summed E-state index contributed by atoms with van der Waals surface area (Å²) in [6, 6.07) is 5.35. The lowest BCUT2D eigenvalue weighted by Crippen LogP contribution is -2.30. The van der Waals surface area contributed by atoms with E-state index >= 15 is 0 Å². The molecular formula is C11H12BrN3O3. The van der Waals surface area contributed by atoms with Crippen molar-refractivity contribution in [3.05, 3.63) is 22.8 Å². The third kappa shape index (κ3) is 4.33. The quantitative estimate of drug-likeness (QED) is 0.829. The van der Waals surface area contributed by atoms with Crippen molar-refractivity contribution < 1.29 is 14.3 Å². The van der Waals surface area contributed by atoms with Crippen molar-refractivity contribution in [2.24, 2.45) is 0 Å². The third-order valence-electron chi connectivity index (χ3n) is 2.22. The van der Waals surface area contributed by atoms with Gasteiger partial charge in [-0.1, -0.05) is 6.07 Å². The predicted molar refractivity (Wildman–Crippen MR) is 68.1 cm³/mol. The summed E-state index contributed by atoms with van der Waals surface area (Å²) in [5.41, 5.74) is 0. The van der Waals surface area contributed by atoms with Crippen LogP contribution in [0.3, 0.4) is 0 Å². The minimum atomic E-state index is -0.560. The Morgan fingerprint density at radius 3 is 2.89 bits per heavy atom. The highest BCUT2D eigenvalue weighted by Gasteiger charge is 2.24. The van der Waals surface area contributed by atoms with Gasteiger partial charge in [0.2, 0.25) is 0 Å². The molecule has 1 fully saturated rings. The fourth-order valence-electron chi connectivity index (χ4n) is 1.22. The number of ether oxygens (including phenoxy) is 1. The van der Waals surface area contributed by atoms with E-state index in [0.29, 0.717) is 10.4 Å². The van der Waals surface area contributed by atoms with E-state index in [1.54, 1.807) is 18.2 Å². The molecule has 1 aliphatic carbocycles. The lowest BCUT2D eigenvalue weighted by Gasteiger charge is -2.06. The summed E-state index contributed by atoms with van der Waals surface area (Å²) in [5, 5.41) is 5.14. The summed E-state index contributed by atoms with van der Waals surface area (Å²) in [6.07, 6.45) is 1.39. The van der Waals surface area contributed by atoms with Gasteiger partial charge in [0.05, 0.1) is 0 Å². The smallest absolute Gasteiger partial charge is 0.407 e. The van der Waals surface area contributed by atoms with Crippen LogP contribution < -0.4 is 10.6 Å². The first kappa shape index (κ1) is 12.8. The van der Waals surface area contributed by atoms with Gasteiger partial charge in [-0.2, -0.15) is 0 Å². The molecule has 0 atom stereocenters. The highest BCUT2D eigenvalue weighted by atomic mass is 79.9. The first-order valence-corrected chi connectivity index (χ1v) is 6.28. The number of nitrogens with zero attached hydrogens (tertiary/aromatic N) is 1. The van der Waals surface area contributed by atoms with E-state index in [2.05, 4.69) is 31.5 Å². The summed E-state index contributed by atoms with van der Waals surface area (Å²) < 4.78 is 5.37. The maximum Gasteiger partial charge on any atom is 0.407 e. The molecule has 2 N–H and O–H groups in total. The van der Waals surface area contributed by atoms with Gasteiger partial charge in [0.15, 0.2) is 6.61 Å². The Balaban J connectivity index is 1.72. The zero-order valence-corrected chi connectivity index (χ0v) is 11.1. The monoisotopic (exact) mass is 313 g/mol. The standard InChI is InChI=1S/C11H12BrN3O3/c12-8-2-1-3-9(14-8)15-10(16)6-18-11(17)13-7-4-5-7/h1-3,7H,4-6H2,(H,13,17)(H,14,15,16). The molecule has 2 rings (SSSR count). The minimum absolute atomic E-state index is 0.215. The zero-order valence-electron chi connectivity index (χ0n) is 9.48. The van der Waals surface area contributed by atoms with Crippen molar-refractivity contribution in [2.75, 3.05) is 11.9 Å². The molecule has 7 heteroatoms. The molecule has 2 amide bonds. The van der Waals surface area contributed by atoms with Crippen LogP contribution in [0.1, 0.15) is 12.8 Å². The van der Waals surface area contributed by atoms with E-state index in [4.69, 9.17) is 4.74 Å². The number of carbonyl (C=O) groups excluding carboxylic acids is 2. The number of anilines is 1. The zero-order chi connectivity index (χ0) is 13.0. The topological polar surface area (TPSA) is 80.3 Å². The molecule has 1 aromatic heterocycles. The average Bonchev–Trinajstić information content (AvgIpc) is 3.10. The lowest BCUT2D eigenvalue weighted by atomic mass is 10.4. The van der Waals surface area contributed by atoms with Gasteiger partial charge in [-0.05, 0) is 40.9 Å². The molecule has 0 radical (unpaired) electrons. The maximum atomic E-state index is 11.5. The average molecular weight is 314 g/mol. The fourth-order valence-corrected chi connectivity index (χ4v) is 1.57. The Hall–Kier alpha value is -1.63. The third-order valence-corrected chi connectivity index (χ3v) is 2.66. The van der Waals surface area contributed by atoms with Gasteiger partial charge in [-0.25, -0.2) is 9.78 Å². The number of hydrogen-bond donors (Lipinski definition) is 2. The van der Waals surface area contributed by atoms with Crippen LogP contribution in [0, 0.1) is 0 Å². The van der Waals surface area contributed by atoms with Crippen LogP contribution in [0.5, 0.6) is 0 Å². The number of halogens is 1. The highest BCUT2D eigenvalue weighted by molar-refractivity contribution is 9.10. The number of nitrogens with one attached hydrogen (secondary N) is 2. The van der Waals surface area contributed by atoms with Gasteiger partial charge >= 0.3 is 6.09 Å². The number of amides is 2. The van der Waals surface area contributed by atoms with Crippen molar-refractivity contribution in [1.82, 2.24) is 10.3 Å². The van der Waals surface area contributed by atoms with Gasteiger partial charge in [0.1, 0.15) is 10.4 Å². The van der Waals surface area contributed by atoms with Gasteiger partial charge in [0, 0.05) is 6.04 Å². The van der Waals surface area contributed by atoms with E-state index in [0.717, 1.165) is 12.8 Å². The fraction of sp³-hybridized carbons (Fsp3) is 0.364. The van der Waals surface area contributed by atoms with Gasteiger partial charge in [-0.15, -0.1) is 0 Å². The van der Waals surface area contributed by atoms with Crippen molar-refractivity contribution >= 4 is 33.7 Å². The Morgan fingerprint density at radius 1 is 1.44 bits per heavy atom. The second-order valence-corrected chi connectivity index (χ2v) is 4.70. The number of alkyl carbamates (subject to hydrolysis) is 1. The molecule has 1 heterocycles.